The highest BCUT2D eigenvalue weighted by Crippen LogP contribution is 2.19. The van der Waals surface area contributed by atoms with Crippen LogP contribution in [0.1, 0.15) is 5.56 Å². The minimum absolute atomic E-state index is 0.326. The monoisotopic (exact) mass is 248 g/mol. The molecule has 0 unspecified atom stereocenters. The van der Waals surface area contributed by atoms with Gasteiger partial charge in [0.25, 0.3) is 0 Å². The van der Waals surface area contributed by atoms with Crippen LogP contribution in [0.5, 0.6) is 11.6 Å². The van der Waals surface area contributed by atoms with E-state index in [2.05, 4.69) is 15.3 Å². The number of hydrogen-bond acceptors (Lipinski definition) is 5. The van der Waals surface area contributed by atoms with Crippen molar-refractivity contribution in [1.82, 2.24) is 10.2 Å². The van der Waals surface area contributed by atoms with Crippen LogP contribution in [-0.4, -0.2) is 16.4 Å². The zero-order valence-corrected chi connectivity index (χ0v) is 9.50. The Morgan fingerprint density at radius 1 is 1.12 bits per heavy atom. The molecule has 0 saturated heterocycles. The van der Waals surface area contributed by atoms with Crippen molar-refractivity contribution in [2.45, 2.75) is 0 Å². The number of hydrazone groups is 1. The molecule has 0 atom stereocenters. The van der Waals surface area contributed by atoms with E-state index in [-0.39, 0.29) is 0 Å². The molecule has 2 aromatic rings. The molecule has 0 spiro atoms. The maximum atomic E-state index is 5.61. The summed E-state index contributed by atoms with van der Waals surface area (Å²) in [5, 5.41) is 11.2. The molecule has 6 heteroatoms. The number of aromatic nitrogens is 2. The average Bonchev–Trinajstić information content (AvgIpc) is 2.35. The van der Waals surface area contributed by atoms with Gasteiger partial charge in [-0.3, -0.25) is 0 Å². The standard InChI is InChI=1S/C11H9ClN4O/c12-10-5-6-11(16-15-10)17-9-3-1-8(2-4-9)7-14-13/h1-7H,13H2. The minimum Gasteiger partial charge on any atom is -0.438 e. The Hall–Kier alpha value is -2.14. The molecular formula is C11H9ClN4O. The third kappa shape index (κ3) is 3.15. The Kier molecular flexibility index (Phi) is 3.52. The highest BCUT2D eigenvalue weighted by molar-refractivity contribution is 6.29. The second-order valence-corrected chi connectivity index (χ2v) is 3.53. The van der Waals surface area contributed by atoms with Crippen molar-refractivity contribution in [2.75, 3.05) is 0 Å². The third-order valence-corrected chi connectivity index (χ3v) is 2.14. The maximum Gasteiger partial charge on any atom is 0.238 e. The SMILES string of the molecule is NN=Cc1ccc(Oc2ccc(Cl)nn2)cc1. The molecule has 5 nitrogen and oxygen atoms in total. The fraction of sp³-hybridized carbons (Fsp3) is 0. The van der Waals surface area contributed by atoms with Crippen LogP contribution in [0.3, 0.4) is 0 Å². The predicted octanol–water partition coefficient (Wildman–Crippen LogP) is 2.21. The lowest BCUT2D eigenvalue weighted by molar-refractivity contribution is 0.455. The summed E-state index contributed by atoms with van der Waals surface area (Å²) in [6.45, 7) is 0. The Labute approximate surface area is 103 Å². The quantitative estimate of drug-likeness (QED) is 0.513. The minimum atomic E-state index is 0.326. The Morgan fingerprint density at radius 2 is 1.88 bits per heavy atom. The molecule has 0 amide bonds. The molecule has 0 aliphatic carbocycles. The van der Waals surface area contributed by atoms with Crippen LogP contribution in [-0.2, 0) is 0 Å². The van der Waals surface area contributed by atoms with E-state index in [1.54, 1.807) is 30.5 Å². The van der Waals surface area contributed by atoms with Crippen molar-refractivity contribution in [3.63, 3.8) is 0 Å². The smallest absolute Gasteiger partial charge is 0.238 e. The van der Waals surface area contributed by atoms with Gasteiger partial charge in [0.05, 0.1) is 6.21 Å². The van der Waals surface area contributed by atoms with Crippen molar-refractivity contribution >= 4 is 17.8 Å². The van der Waals surface area contributed by atoms with Crippen LogP contribution in [0, 0.1) is 0 Å². The first-order valence-electron chi connectivity index (χ1n) is 4.78. The van der Waals surface area contributed by atoms with E-state index in [1.807, 2.05) is 12.1 Å². The van der Waals surface area contributed by atoms with Gasteiger partial charge in [-0.15, -0.1) is 10.2 Å². The molecule has 86 valence electrons. The van der Waals surface area contributed by atoms with Gasteiger partial charge in [0.15, 0.2) is 5.15 Å². The molecular weight excluding hydrogens is 240 g/mol. The van der Waals surface area contributed by atoms with Crippen LogP contribution in [0.25, 0.3) is 0 Å². The molecule has 1 heterocycles. The Morgan fingerprint density at radius 3 is 2.47 bits per heavy atom. The first-order valence-corrected chi connectivity index (χ1v) is 5.16. The third-order valence-electron chi connectivity index (χ3n) is 1.93. The molecule has 0 fully saturated rings. The normalized spacial score (nSPS) is 10.6. The second-order valence-electron chi connectivity index (χ2n) is 3.14. The van der Waals surface area contributed by atoms with Crippen molar-refractivity contribution in [1.29, 1.82) is 0 Å². The van der Waals surface area contributed by atoms with Gasteiger partial charge in [-0.1, -0.05) is 11.6 Å². The van der Waals surface area contributed by atoms with Gasteiger partial charge in [-0.05, 0) is 35.9 Å². The van der Waals surface area contributed by atoms with Crippen LogP contribution in [0.15, 0.2) is 41.5 Å². The zero-order valence-electron chi connectivity index (χ0n) is 8.75. The summed E-state index contributed by atoms with van der Waals surface area (Å²) < 4.78 is 5.46. The van der Waals surface area contributed by atoms with E-state index in [4.69, 9.17) is 22.2 Å². The lowest BCUT2D eigenvalue weighted by Crippen LogP contribution is -1.91. The van der Waals surface area contributed by atoms with E-state index in [0.717, 1.165) is 5.56 Å². The van der Waals surface area contributed by atoms with Gasteiger partial charge in [0.1, 0.15) is 5.75 Å². The number of rotatable bonds is 3. The lowest BCUT2D eigenvalue weighted by Gasteiger charge is -2.03. The van der Waals surface area contributed by atoms with Gasteiger partial charge < -0.3 is 10.6 Å². The summed E-state index contributed by atoms with van der Waals surface area (Å²) in [7, 11) is 0. The first kappa shape index (κ1) is 11.3. The van der Waals surface area contributed by atoms with Crippen molar-refractivity contribution in [3.05, 3.63) is 47.1 Å². The maximum absolute atomic E-state index is 5.61. The molecule has 2 rings (SSSR count). The average molecular weight is 249 g/mol. The topological polar surface area (TPSA) is 73.4 Å². The predicted molar refractivity (Wildman–Crippen MR) is 65.3 cm³/mol. The largest absolute Gasteiger partial charge is 0.438 e. The van der Waals surface area contributed by atoms with Crippen LogP contribution < -0.4 is 10.6 Å². The Bertz CT molecular complexity index is 510. The van der Waals surface area contributed by atoms with Gasteiger partial charge in [0.2, 0.25) is 5.88 Å². The fourth-order valence-electron chi connectivity index (χ4n) is 1.19. The number of halogens is 1. The summed E-state index contributed by atoms with van der Waals surface area (Å²) in [4.78, 5) is 0. The number of benzene rings is 1. The second kappa shape index (κ2) is 5.27. The van der Waals surface area contributed by atoms with Gasteiger partial charge in [0, 0.05) is 6.07 Å². The fourth-order valence-corrected chi connectivity index (χ4v) is 1.29. The summed E-state index contributed by atoms with van der Waals surface area (Å²) in [5.41, 5.74) is 0.891. The van der Waals surface area contributed by atoms with Crippen molar-refractivity contribution < 1.29 is 4.74 Å². The first-order chi connectivity index (χ1) is 8.28. The van der Waals surface area contributed by atoms with Crippen LogP contribution >= 0.6 is 11.6 Å². The van der Waals surface area contributed by atoms with E-state index >= 15 is 0 Å². The summed E-state index contributed by atoms with van der Waals surface area (Å²) in [6.07, 6.45) is 1.55. The van der Waals surface area contributed by atoms with Crippen LogP contribution in [0.2, 0.25) is 5.15 Å². The summed E-state index contributed by atoms with van der Waals surface area (Å²) >= 11 is 5.61. The highest BCUT2D eigenvalue weighted by Gasteiger charge is 1.99. The summed E-state index contributed by atoms with van der Waals surface area (Å²) in [5.74, 6) is 6.08. The van der Waals surface area contributed by atoms with Crippen LogP contribution in [0.4, 0.5) is 0 Å². The number of nitrogens with zero attached hydrogens (tertiary/aromatic N) is 3. The summed E-state index contributed by atoms with van der Waals surface area (Å²) in [6, 6.07) is 10.5. The molecule has 0 aliphatic heterocycles. The molecule has 0 saturated carbocycles. The number of nitrogens with two attached hydrogens (primary N) is 1. The Balaban J connectivity index is 2.11. The van der Waals surface area contributed by atoms with Crippen molar-refractivity contribution in [3.8, 4) is 11.6 Å². The zero-order chi connectivity index (χ0) is 12.1. The number of hydrogen-bond donors (Lipinski definition) is 1. The molecule has 0 aliphatic rings. The lowest BCUT2D eigenvalue weighted by atomic mass is 10.2. The molecule has 17 heavy (non-hydrogen) atoms. The van der Waals surface area contributed by atoms with Gasteiger partial charge in [-0.25, -0.2) is 0 Å². The molecule has 0 radical (unpaired) electrons. The van der Waals surface area contributed by atoms with Gasteiger partial charge >= 0.3 is 0 Å². The van der Waals surface area contributed by atoms with E-state index in [0.29, 0.717) is 16.8 Å². The van der Waals surface area contributed by atoms with E-state index < -0.39 is 0 Å². The van der Waals surface area contributed by atoms with Crippen molar-refractivity contribution in [2.24, 2.45) is 10.9 Å². The molecule has 2 N–H and O–H groups in total. The van der Waals surface area contributed by atoms with Gasteiger partial charge in [-0.2, -0.15) is 5.10 Å². The molecule has 1 aromatic carbocycles. The van der Waals surface area contributed by atoms with E-state index in [9.17, 15) is 0 Å². The van der Waals surface area contributed by atoms with E-state index in [1.165, 1.54) is 0 Å². The highest BCUT2D eigenvalue weighted by atomic mass is 35.5. The molecule has 1 aromatic heterocycles. The number of ether oxygens (including phenoxy) is 1. The molecule has 0 bridgehead atoms.